The van der Waals surface area contributed by atoms with Crippen LogP contribution in [0.4, 0.5) is 5.82 Å². The van der Waals surface area contributed by atoms with Gasteiger partial charge in [-0.3, -0.25) is 4.79 Å². The lowest BCUT2D eigenvalue weighted by atomic mass is 10.2. The Morgan fingerprint density at radius 3 is 2.31 bits per heavy atom. The number of esters is 1. The molecule has 1 amide bonds. The number of hydrogen-bond acceptors (Lipinski definition) is 5. The minimum atomic E-state index is -0.869. The van der Waals surface area contributed by atoms with Gasteiger partial charge in [-0.1, -0.05) is 48.5 Å². The molecule has 0 aliphatic carbocycles. The van der Waals surface area contributed by atoms with Crippen LogP contribution in [0.2, 0.25) is 0 Å². The van der Waals surface area contributed by atoms with E-state index in [1.165, 1.54) is 0 Å². The highest BCUT2D eigenvalue weighted by Gasteiger charge is 2.22. The fourth-order valence-corrected chi connectivity index (χ4v) is 3.27. The molecule has 0 aliphatic heterocycles. The molecule has 1 aromatic heterocycles. The van der Waals surface area contributed by atoms with E-state index in [1.54, 1.807) is 31.2 Å². The van der Waals surface area contributed by atoms with Gasteiger partial charge in [0.25, 0.3) is 5.91 Å². The molecule has 164 valence electrons. The van der Waals surface area contributed by atoms with E-state index in [4.69, 9.17) is 9.47 Å². The Morgan fingerprint density at radius 1 is 1.06 bits per heavy atom. The lowest BCUT2D eigenvalue weighted by Gasteiger charge is -2.15. The van der Waals surface area contributed by atoms with E-state index >= 15 is 0 Å². The Hall–Kier alpha value is -4.05. The number of ether oxygens (including phenoxy) is 2. The van der Waals surface area contributed by atoms with Crippen LogP contribution in [-0.2, 0) is 20.9 Å². The van der Waals surface area contributed by atoms with Crippen LogP contribution in [0.1, 0.15) is 29.3 Å². The number of carbonyl (C=O) groups excluding carboxylic acids is 2. The van der Waals surface area contributed by atoms with Crippen molar-refractivity contribution in [3.05, 3.63) is 83.0 Å². The van der Waals surface area contributed by atoms with Crippen LogP contribution in [0.25, 0.3) is 0 Å². The Morgan fingerprint density at radius 2 is 1.69 bits per heavy atom. The molecule has 1 unspecified atom stereocenters. The van der Waals surface area contributed by atoms with Crippen LogP contribution in [0.15, 0.2) is 60.7 Å². The number of nitriles is 1. The lowest BCUT2D eigenvalue weighted by molar-refractivity contribution is -0.153. The largest absolute Gasteiger partial charge is 0.479 e. The monoisotopic (exact) mass is 431 g/mol. The molecule has 3 aromatic rings. The maximum atomic E-state index is 12.5. The second kappa shape index (κ2) is 10.3. The Labute approximate surface area is 187 Å². The van der Waals surface area contributed by atoms with Gasteiger partial charge in [0.1, 0.15) is 17.6 Å². The average molecular weight is 431 g/mol. The first-order valence-corrected chi connectivity index (χ1v) is 10.2. The number of carbonyl (C=O) groups is 2. The van der Waals surface area contributed by atoms with Crippen molar-refractivity contribution < 1.29 is 19.1 Å². The summed E-state index contributed by atoms with van der Waals surface area (Å²) in [7, 11) is 0. The summed E-state index contributed by atoms with van der Waals surface area (Å²) in [6.45, 7) is 5.30. The van der Waals surface area contributed by atoms with Gasteiger partial charge in [0, 0.05) is 12.2 Å². The first kappa shape index (κ1) is 22.6. The second-order valence-corrected chi connectivity index (χ2v) is 7.35. The molecule has 1 heterocycles. The van der Waals surface area contributed by atoms with Crippen LogP contribution < -0.4 is 10.1 Å². The minimum Gasteiger partial charge on any atom is -0.479 e. The van der Waals surface area contributed by atoms with Crippen molar-refractivity contribution in [2.24, 2.45) is 0 Å². The molecule has 7 nitrogen and oxygen atoms in total. The third-order valence-electron chi connectivity index (χ3n) is 5.12. The summed E-state index contributed by atoms with van der Waals surface area (Å²) < 4.78 is 12.5. The highest BCUT2D eigenvalue weighted by molar-refractivity contribution is 5.94. The number of aromatic nitrogens is 1. The molecule has 0 bridgehead atoms. The second-order valence-electron chi connectivity index (χ2n) is 7.35. The van der Waals surface area contributed by atoms with Crippen molar-refractivity contribution in [1.82, 2.24) is 4.57 Å². The number of amides is 1. The van der Waals surface area contributed by atoms with Crippen LogP contribution in [0.3, 0.4) is 0 Å². The molecule has 0 spiro atoms. The molecule has 32 heavy (non-hydrogen) atoms. The summed E-state index contributed by atoms with van der Waals surface area (Å²) in [6.07, 6.45) is -0.869. The van der Waals surface area contributed by atoms with Crippen molar-refractivity contribution in [1.29, 1.82) is 5.26 Å². The molecule has 0 aliphatic rings. The van der Waals surface area contributed by atoms with E-state index in [0.717, 1.165) is 16.8 Å². The molecular weight excluding hydrogens is 406 g/mol. The van der Waals surface area contributed by atoms with Crippen LogP contribution in [0, 0.1) is 25.2 Å². The summed E-state index contributed by atoms with van der Waals surface area (Å²) in [6, 6.07) is 20.8. The lowest BCUT2D eigenvalue weighted by Crippen LogP contribution is -2.30. The quantitative estimate of drug-likeness (QED) is 0.545. The van der Waals surface area contributed by atoms with Gasteiger partial charge in [-0.25, -0.2) is 4.79 Å². The van der Waals surface area contributed by atoms with Crippen molar-refractivity contribution in [2.45, 2.75) is 33.4 Å². The maximum absolute atomic E-state index is 12.5. The Kier molecular flexibility index (Phi) is 7.29. The van der Waals surface area contributed by atoms with Crippen molar-refractivity contribution in [2.75, 3.05) is 11.9 Å². The molecule has 7 heteroatoms. The van der Waals surface area contributed by atoms with Crippen LogP contribution >= 0.6 is 0 Å². The number of hydrogen-bond donors (Lipinski definition) is 1. The molecule has 0 fully saturated rings. The van der Waals surface area contributed by atoms with E-state index in [1.807, 2.05) is 54.8 Å². The minimum absolute atomic E-state index is 0.388. The van der Waals surface area contributed by atoms with Gasteiger partial charge in [-0.2, -0.15) is 5.26 Å². The van der Waals surface area contributed by atoms with E-state index in [0.29, 0.717) is 23.7 Å². The normalized spacial score (nSPS) is 11.3. The average Bonchev–Trinajstić information content (AvgIpc) is 3.02. The summed E-state index contributed by atoms with van der Waals surface area (Å²) >= 11 is 0. The molecule has 0 radical (unpaired) electrons. The number of para-hydroxylation sites is 1. The highest BCUT2D eigenvalue weighted by Crippen LogP contribution is 2.27. The van der Waals surface area contributed by atoms with Crippen LogP contribution in [-0.4, -0.2) is 29.2 Å². The summed E-state index contributed by atoms with van der Waals surface area (Å²) in [5, 5.41) is 12.4. The predicted octanol–water partition coefficient (Wildman–Crippen LogP) is 3.97. The van der Waals surface area contributed by atoms with Crippen molar-refractivity contribution >= 4 is 17.7 Å². The molecule has 1 N–H and O–H groups in total. The molecular formula is C25H25N3O4. The third-order valence-corrected chi connectivity index (χ3v) is 5.12. The van der Waals surface area contributed by atoms with Gasteiger partial charge in [0.05, 0.1) is 5.56 Å². The van der Waals surface area contributed by atoms with E-state index in [2.05, 4.69) is 11.4 Å². The third kappa shape index (κ3) is 5.35. The van der Waals surface area contributed by atoms with Gasteiger partial charge < -0.3 is 19.4 Å². The topological polar surface area (TPSA) is 93.3 Å². The number of benzene rings is 2. The maximum Gasteiger partial charge on any atom is 0.347 e. The van der Waals surface area contributed by atoms with E-state index in [-0.39, 0.29) is 0 Å². The van der Waals surface area contributed by atoms with Gasteiger partial charge in [-0.15, -0.1) is 0 Å². The molecule has 0 saturated carbocycles. The number of nitrogens with one attached hydrogen (secondary N) is 1. The smallest absolute Gasteiger partial charge is 0.347 e. The van der Waals surface area contributed by atoms with Crippen LogP contribution in [0.5, 0.6) is 5.75 Å². The zero-order chi connectivity index (χ0) is 23.1. The summed E-state index contributed by atoms with van der Waals surface area (Å²) in [5.41, 5.74) is 3.09. The van der Waals surface area contributed by atoms with Gasteiger partial charge in [0.2, 0.25) is 0 Å². The number of nitrogens with zero attached hydrogens (tertiary/aromatic N) is 2. The van der Waals surface area contributed by atoms with Crippen molar-refractivity contribution in [3.8, 4) is 11.8 Å². The predicted molar refractivity (Wildman–Crippen MR) is 120 cm³/mol. The number of anilines is 1. The molecule has 0 saturated heterocycles. The standard InChI is InChI=1S/C25H25N3O4/c1-17-18(2)28(15-20-10-6-4-7-11-20)24(22(17)14-26)27-23(29)16-31-25(30)19(3)32-21-12-8-5-9-13-21/h4-13,19H,15-16H2,1-3H3,(H,27,29). The fraction of sp³-hybridized carbons (Fsp3) is 0.240. The molecule has 2 aromatic carbocycles. The van der Waals surface area contributed by atoms with Gasteiger partial charge >= 0.3 is 5.97 Å². The van der Waals surface area contributed by atoms with Crippen molar-refractivity contribution in [3.63, 3.8) is 0 Å². The first-order valence-electron chi connectivity index (χ1n) is 10.2. The zero-order valence-electron chi connectivity index (χ0n) is 18.3. The fourth-order valence-electron chi connectivity index (χ4n) is 3.27. The highest BCUT2D eigenvalue weighted by atomic mass is 16.6. The summed E-state index contributed by atoms with van der Waals surface area (Å²) in [4.78, 5) is 24.7. The van der Waals surface area contributed by atoms with Gasteiger partial charge in [-0.05, 0) is 44.0 Å². The molecule has 3 rings (SSSR count). The zero-order valence-corrected chi connectivity index (χ0v) is 18.3. The van der Waals surface area contributed by atoms with Gasteiger partial charge in [0.15, 0.2) is 12.7 Å². The van der Waals surface area contributed by atoms with E-state index in [9.17, 15) is 14.9 Å². The SMILES string of the molecule is Cc1c(C#N)c(NC(=O)COC(=O)C(C)Oc2ccccc2)n(Cc2ccccc2)c1C. The first-order chi connectivity index (χ1) is 15.4. The Bertz CT molecular complexity index is 1130. The van der Waals surface area contributed by atoms with E-state index < -0.39 is 24.6 Å². The molecule has 1 atom stereocenters. The number of rotatable bonds is 8. The Balaban J connectivity index is 1.67. The summed E-state index contributed by atoms with van der Waals surface area (Å²) in [5.74, 6) is -0.268.